The number of allylic oxidation sites excluding steroid dienone is 22. The first-order valence-corrected chi connectivity index (χ1v) is 32.7. The molecule has 79 heavy (non-hydrogen) atoms. The zero-order chi connectivity index (χ0) is 57.1. The van der Waals surface area contributed by atoms with E-state index in [2.05, 4.69) is 154 Å². The van der Waals surface area contributed by atoms with Crippen LogP contribution in [-0.2, 0) is 28.6 Å². The van der Waals surface area contributed by atoms with E-state index in [0.717, 1.165) is 128 Å². The van der Waals surface area contributed by atoms with Gasteiger partial charge in [-0.25, -0.2) is 0 Å². The lowest BCUT2D eigenvalue weighted by molar-refractivity contribution is -0.167. The molecule has 0 aromatic rings. The second-order valence-corrected chi connectivity index (χ2v) is 21.3. The lowest BCUT2D eigenvalue weighted by Crippen LogP contribution is -2.30. The quantitative estimate of drug-likeness (QED) is 0.0261. The third kappa shape index (κ3) is 64.3. The zero-order valence-corrected chi connectivity index (χ0v) is 51.3. The van der Waals surface area contributed by atoms with Crippen LogP contribution in [0.4, 0.5) is 0 Å². The maximum atomic E-state index is 12.9. The SMILES string of the molecule is CC/C=C\C/C=C\C/C=C\C/C=C\C/C=C\C/C=C\CCCCC(=O)OC(COC(=O)CCCCCCCCC/C=C\C/C=C\C/C=C\C/C=C\C/C=C\CC)COC(=O)CCCCCCCCCCCCCCCCCCC. The fourth-order valence-corrected chi connectivity index (χ4v) is 8.83. The van der Waals surface area contributed by atoms with Gasteiger partial charge in [0.15, 0.2) is 6.10 Å². The molecule has 448 valence electrons. The summed E-state index contributed by atoms with van der Waals surface area (Å²) in [4.78, 5) is 38.4. The largest absolute Gasteiger partial charge is 0.462 e. The first-order chi connectivity index (χ1) is 39.0. The Kier molecular flexibility index (Phi) is 62.3. The molecule has 1 atom stereocenters. The summed E-state index contributed by atoms with van der Waals surface area (Å²) in [6, 6.07) is 0. The van der Waals surface area contributed by atoms with E-state index in [-0.39, 0.29) is 37.5 Å². The van der Waals surface area contributed by atoms with Crippen molar-refractivity contribution in [1.82, 2.24) is 0 Å². The second kappa shape index (κ2) is 66.1. The van der Waals surface area contributed by atoms with Crippen LogP contribution in [0.2, 0.25) is 0 Å². The number of hydrogen-bond acceptors (Lipinski definition) is 6. The van der Waals surface area contributed by atoms with Crippen molar-refractivity contribution in [2.24, 2.45) is 0 Å². The van der Waals surface area contributed by atoms with Crippen molar-refractivity contribution in [1.29, 1.82) is 0 Å². The molecule has 0 bridgehead atoms. The van der Waals surface area contributed by atoms with Gasteiger partial charge in [-0.2, -0.15) is 0 Å². The topological polar surface area (TPSA) is 78.9 Å². The molecule has 0 aliphatic rings. The minimum absolute atomic E-state index is 0.101. The van der Waals surface area contributed by atoms with Gasteiger partial charge in [0.2, 0.25) is 0 Å². The average molecular weight is 1090 g/mol. The summed E-state index contributed by atoms with van der Waals surface area (Å²) in [5.74, 6) is -0.950. The predicted molar refractivity (Wildman–Crippen MR) is 343 cm³/mol. The van der Waals surface area contributed by atoms with Gasteiger partial charge in [0, 0.05) is 19.3 Å². The fourth-order valence-electron chi connectivity index (χ4n) is 8.83. The van der Waals surface area contributed by atoms with E-state index < -0.39 is 6.10 Å². The third-order valence-corrected chi connectivity index (χ3v) is 13.7. The first-order valence-electron chi connectivity index (χ1n) is 32.7. The van der Waals surface area contributed by atoms with Crippen LogP contribution in [0.5, 0.6) is 0 Å². The van der Waals surface area contributed by atoms with Gasteiger partial charge < -0.3 is 14.2 Å². The van der Waals surface area contributed by atoms with E-state index in [1.807, 2.05) is 0 Å². The van der Waals surface area contributed by atoms with E-state index in [1.165, 1.54) is 116 Å². The van der Waals surface area contributed by atoms with E-state index in [9.17, 15) is 14.4 Å². The molecular formula is C73H120O6. The van der Waals surface area contributed by atoms with E-state index in [4.69, 9.17) is 14.2 Å². The molecule has 6 heteroatoms. The van der Waals surface area contributed by atoms with Crippen LogP contribution in [0, 0.1) is 0 Å². The maximum absolute atomic E-state index is 12.9. The molecule has 1 unspecified atom stereocenters. The van der Waals surface area contributed by atoms with Gasteiger partial charge in [-0.1, -0.05) is 289 Å². The predicted octanol–water partition coefficient (Wildman–Crippen LogP) is 22.5. The van der Waals surface area contributed by atoms with Crippen molar-refractivity contribution in [2.45, 2.75) is 297 Å². The van der Waals surface area contributed by atoms with Crippen molar-refractivity contribution in [3.05, 3.63) is 134 Å². The van der Waals surface area contributed by atoms with Gasteiger partial charge in [-0.3, -0.25) is 14.4 Å². The Morgan fingerprint density at radius 3 is 0.797 bits per heavy atom. The van der Waals surface area contributed by atoms with E-state index >= 15 is 0 Å². The molecule has 0 aliphatic heterocycles. The summed E-state index contributed by atoms with van der Waals surface area (Å²) in [6.07, 6.45) is 93.1. The van der Waals surface area contributed by atoms with Gasteiger partial charge in [-0.15, -0.1) is 0 Å². The summed E-state index contributed by atoms with van der Waals surface area (Å²) in [7, 11) is 0. The molecule has 0 saturated carbocycles. The molecule has 0 aromatic carbocycles. The molecular weight excluding hydrogens is 973 g/mol. The Morgan fingerprint density at radius 2 is 0.494 bits per heavy atom. The first kappa shape index (κ1) is 74.5. The highest BCUT2D eigenvalue weighted by molar-refractivity contribution is 5.71. The van der Waals surface area contributed by atoms with Crippen molar-refractivity contribution >= 4 is 17.9 Å². The minimum Gasteiger partial charge on any atom is -0.462 e. The summed E-state index contributed by atoms with van der Waals surface area (Å²) >= 11 is 0. The monoisotopic (exact) mass is 1090 g/mol. The fraction of sp³-hybridized carbons (Fsp3) is 0.658. The molecule has 0 N–H and O–H groups in total. The van der Waals surface area contributed by atoms with Crippen LogP contribution in [0.1, 0.15) is 290 Å². The third-order valence-electron chi connectivity index (χ3n) is 13.7. The molecule has 0 fully saturated rings. The highest BCUT2D eigenvalue weighted by Gasteiger charge is 2.19. The molecule has 0 heterocycles. The Bertz CT molecular complexity index is 1680. The molecule has 0 radical (unpaired) electrons. The number of carbonyl (C=O) groups excluding carboxylic acids is 3. The van der Waals surface area contributed by atoms with Crippen LogP contribution >= 0.6 is 0 Å². The minimum atomic E-state index is -0.811. The van der Waals surface area contributed by atoms with Gasteiger partial charge in [0.1, 0.15) is 13.2 Å². The smallest absolute Gasteiger partial charge is 0.306 e. The van der Waals surface area contributed by atoms with E-state index in [1.54, 1.807) is 0 Å². The molecule has 0 aromatic heterocycles. The van der Waals surface area contributed by atoms with Crippen LogP contribution in [-0.4, -0.2) is 37.2 Å². The van der Waals surface area contributed by atoms with Crippen molar-refractivity contribution in [2.75, 3.05) is 13.2 Å². The molecule has 0 aliphatic carbocycles. The maximum Gasteiger partial charge on any atom is 0.306 e. The molecule has 0 spiro atoms. The number of unbranched alkanes of at least 4 members (excludes halogenated alkanes) is 25. The standard InChI is InChI=1S/C73H120O6/c1-4-7-10-13-16-19-22-25-28-31-33-35-36-38-39-42-45-48-51-54-57-60-63-66-72(75)78-69-70(68-77-71(74)65-62-59-56-53-50-47-44-41-30-27-24-21-18-15-12-9-6-3)79-73(76)67-64-61-58-55-52-49-46-43-40-37-34-32-29-26-23-20-17-14-11-8-5-2/h7-8,10-11,16-17,19-20,25-26,28-29,33-35,37-39,43,46,52,55,70H,4-6,9,12-15,18,21-24,27,30-32,36,40-42,44-45,47-51,53-54,56-69H2,1-3H3/b10-7-,11-8-,19-16-,20-17-,28-25-,29-26-,35-33-,37-34-,39-38-,46-43-,55-52-. The van der Waals surface area contributed by atoms with Gasteiger partial charge in [0.05, 0.1) is 0 Å². The zero-order valence-electron chi connectivity index (χ0n) is 51.3. The van der Waals surface area contributed by atoms with Gasteiger partial charge >= 0.3 is 17.9 Å². The average Bonchev–Trinajstić information content (AvgIpc) is 3.45. The number of ether oxygens (including phenoxy) is 3. The molecule has 0 amide bonds. The highest BCUT2D eigenvalue weighted by Crippen LogP contribution is 2.16. The van der Waals surface area contributed by atoms with Crippen molar-refractivity contribution in [3.8, 4) is 0 Å². The summed E-state index contributed by atoms with van der Waals surface area (Å²) < 4.78 is 16.9. The Balaban J connectivity index is 4.49. The highest BCUT2D eigenvalue weighted by atomic mass is 16.6. The normalized spacial score (nSPS) is 13.0. The van der Waals surface area contributed by atoms with Crippen LogP contribution in [0.3, 0.4) is 0 Å². The molecule has 0 rings (SSSR count). The van der Waals surface area contributed by atoms with Gasteiger partial charge in [0.25, 0.3) is 0 Å². The van der Waals surface area contributed by atoms with Crippen LogP contribution < -0.4 is 0 Å². The summed E-state index contributed by atoms with van der Waals surface area (Å²) in [5, 5.41) is 0. The Labute approximate surface area is 487 Å². The lowest BCUT2D eigenvalue weighted by Gasteiger charge is -2.18. The Hall–Kier alpha value is -4.45. The van der Waals surface area contributed by atoms with Crippen molar-refractivity contribution < 1.29 is 28.6 Å². The van der Waals surface area contributed by atoms with E-state index in [0.29, 0.717) is 19.3 Å². The molecule has 0 saturated heterocycles. The summed E-state index contributed by atoms with van der Waals surface area (Å²) in [6.45, 7) is 6.39. The second-order valence-electron chi connectivity index (χ2n) is 21.3. The number of esters is 3. The number of rotatable bonds is 58. The van der Waals surface area contributed by atoms with Gasteiger partial charge in [-0.05, 0) is 116 Å². The number of carbonyl (C=O) groups is 3. The van der Waals surface area contributed by atoms with Crippen LogP contribution in [0.15, 0.2) is 134 Å². The number of hydrogen-bond donors (Lipinski definition) is 0. The van der Waals surface area contributed by atoms with Crippen LogP contribution in [0.25, 0.3) is 0 Å². The summed E-state index contributed by atoms with van der Waals surface area (Å²) in [5.41, 5.74) is 0. The lowest BCUT2D eigenvalue weighted by atomic mass is 10.0. The van der Waals surface area contributed by atoms with Crippen molar-refractivity contribution in [3.63, 3.8) is 0 Å². The molecule has 6 nitrogen and oxygen atoms in total. The Morgan fingerprint density at radius 1 is 0.266 bits per heavy atom.